The first-order valence-corrected chi connectivity index (χ1v) is 9.17. The van der Waals surface area contributed by atoms with Crippen molar-refractivity contribution in [3.63, 3.8) is 0 Å². The van der Waals surface area contributed by atoms with Crippen LogP contribution in [0.5, 0.6) is 5.75 Å². The highest BCUT2D eigenvalue weighted by atomic mass is 16.5. The zero-order valence-electron chi connectivity index (χ0n) is 16.6. The van der Waals surface area contributed by atoms with E-state index in [0.717, 1.165) is 6.42 Å². The number of aryl methyl sites for hydroxylation is 1. The quantitative estimate of drug-likeness (QED) is 0.780. The van der Waals surface area contributed by atoms with Crippen LogP contribution in [-0.4, -0.2) is 17.9 Å². The van der Waals surface area contributed by atoms with Gasteiger partial charge in [0.25, 0.3) is 5.91 Å². The number of anilines is 2. The monoisotopic (exact) mass is 368 g/mol. The Bertz CT molecular complexity index is 792. The molecular formula is C22H28N2O3. The molecule has 2 N–H and O–H groups in total. The predicted octanol–water partition coefficient (Wildman–Crippen LogP) is 4.64. The van der Waals surface area contributed by atoms with Crippen LogP contribution < -0.4 is 15.4 Å². The van der Waals surface area contributed by atoms with Gasteiger partial charge in [-0.25, -0.2) is 0 Å². The van der Waals surface area contributed by atoms with E-state index >= 15 is 0 Å². The van der Waals surface area contributed by atoms with E-state index in [1.165, 1.54) is 5.56 Å². The van der Waals surface area contributed by atoms with Gasteiger partial charge < -0.3 is 15.4 Å². The molecule has 0 fully saturated rings. The molecule has 0 saturated heterocycles. The van der Waals surface area contributed by atoms with Crippen molar-refractivity contribution < 1.29 is 14.3 Å². The average Bonchev–Trinajstić information content (AvgIpc) is 2.61. The van der Waals surface area contributed by atoms with Gasteiger partial charge in [-0.2, -0.15) is 0 Å². The third-order valence-electron chi connectivity index (χ3n) is 4.08. The summed E-state index contributed by atoms with van der Waals surface area (Å²) < 4.78 is 5.71. The van der Waals surface area contributed by atoms with Crippen molar-refractivity contribution in [1.29, 1.82) is 0 Å². The molecule has 0 aliphatic carbocycles. The predicted molar refractivity (Wildman–Crippen MR) is 109 cm³/mol. The largest absolute Gasteiger partial charge is 0.481 e. The lowest BCUT2D eigenvalue weighted by Crippen LogP contribution is -2.30. The summed E-state index contributed by atoms with van der Waals surface area (Å²) in [6.07, 6.45) is 0.309. The molecule has 2 rings (SSSR count). The van der Waals surface area contributed by atoms with Crippen LogP contribution in [0.15, 0.2) is 48.5 Å². The number of rotatable bonds is 6. The standard InChI is InChI=1S/C22H28N2O3/c1-6-16-10-12-19(13-11-16)27-15(2)20(25)23-17-8-7-9-18(14-17)24-21(26)22(3,4)5/h7-15H,6H2,1-5H3,(H,23,25)(H,24,26). The van der Waals surface area contributed by atoms with Gasteiger partial charge in [-0.05, 0) is 49.2 Å². The Kier molecular flexibility index (Phi) is 6.61. The lowest BCUT2D eigenvalue weighted by Gasteiger charge is -2.18. The number of amides is 2. The SMILES string of the molecule is CCc1ccc(OC(C)C(=O)Nc2cccc(NC(=O)C(C)(C)C)c2)cc1. The second-order valence-electron chi connectivity index (χ2n) is 7.53. The molecule has 27 heavy (non-hydrogen) atoms. The van der Waals surface area contributed by atoms with Crippen molar-refractivity contribution in [1.82, 2.24) is 0 Å². The smallest absolute Gasteiger partial charge is 0.265 e. The number of benzene rings is 2. The fraction of sp³-hybridized carbons (Fsp3) is 0.364. The minimum atomic E-state index is -0.648. The minimum absolute atomic E-state index is 0.0850. The third-order valence-corrected chi connectivity index (χ3v) is 4.08. The molecule has 2 aromatic carbocycles. The molecule has 0 aliphatic rings. The molecule has 0 aliphatic heterocycles. The van der Waals surface area contributed by atoms with Gasteiger partial charge in [-0.1, -0.05) is 45.9 Å². The maximum atomic E-state index is 12.4. The highest BCUT2D eigenvalue weighted by molar-refractivity contribution is 5.97. The lowest BCUT2D eigenvalue weighted by molar-refractivity contribution is -0.123. The van der Waals surface area contributed by atoms with Gasteiger partial charge in [0.15, 0.2) is 6.10 Å². The van der Waals surface area contributed by atoms with E-state index in [2.05, 4.69) is 17.6 Å². The van der Waals surface area contributed by atoms with Gasteiger partial charge in [0.2, 0.25) is 5.91 Å². The maximum Gasteiger partial charge on any atom is 0.265 e. The van der Waals surface area contributed by atoms with Crippen LogP contribution in [0.2, 0.25) is 0 Å². The number of carbonyl (C=O) groups excluding carboxylic acids is 2. The molecule has 2 aromatic rings. The van der Waals surface area contributed by atoms with Crippen LogP contribution in [0.3, 0.4) is 0 Å². The molecule has 2 amide bonds. The molecule has 0 aromatic heterocycles. The number of hydrogen-bond acceptors (Lipinski definition) is 3. The zero-order chi connectivity index (χ0) is 20.0. The summed E-state index contributed by atoms with van der Waals surface area (Å²) >= 11 is 0. The Balaban J connectivity index is 1.98. The van der Waals surface area contributed by atoms with Crippen LogP contribution in [0, 0.1) is 5.41 Å². The summed E-state index contributed by atoms with van der Waals surface area (Å²) in [6, 6.07) is 14.8. The molecule has 5 heteroatoms. The normalized spacial score (nSPS) is 12.2. The summed E-state index contributed by atoms with van der Waals surface area (Å²) in [4.78, 5) is 24.5. The Morgan fingerprint density at radius 2 is 1.59 bits per heavy atom. The molecule has 0 heterocycles. The molecule has 1 atom stereocenters. The number of hydrogen-bond donors (Lipinski definition) is 2. The van der Waals surface area contributed by atoms with Gasteiger partial charge in [0.05, 0.1) is 0 Å². The maximum absolute atomic E-state index is 12.4. The second-order valence-corrected chi connectivity index (χ2v) is 7.53. The van der Waals surface area contributed by atoms with Gasteiger partial charge in [-0.15, -0.1) is 0 Å². The van der Waals surface area contributed by atoms with Gasteiger partial charge in [0.1, 0.15) is 5.75 Å². The van der Waals surface area contributed by atoms with Gasteiger partial charge in [0, 0.05) is 16.8 Å². The fourth-order valence-corrected chi connectivity index (χ4v) is 2.30. The molecule has 0 saturated carbocycles. The first-order valence-electron chi connectivity index (χ1n) is 9.17. The van der Waals surface area contributed by atoms with Crippen LogP contribution in [0.1, 0.15) is 40.2 Å². The van der Waals surface area contributed by atoms with E-state index in [0.29, 0.717) is 17.1 Å². The Morgan fingerprint density at radius 1 is 1.00 bits per heavy atom. The molecule has 1 unspecified atom stereocenters. The first-order chi connectivity index (χ1) is 12.7. The Labute approximate surface area is 161 Å². The lowest BCUT2D eigenvalue weighted by atomic mass is 9.95. The van der Waals surface area contributed by atoms with E-state index in [9.17, 15) is 9.59 Å². The van der Waals surface area contributed by atoms with E-state index in [1.807, 2.05) is 45.0 Å². The molecule has 0 bridgehead atoms. The fourth-order valence-electron chi connectivity index (χ4n) is 2.30. The van der Waals surface area contributed by atoms with E-state index < -0.39 is 11.5 Å². The van der Waals surface area contributed by atoms with Crippen molar-refractivity contribution in [2.75, 3.05) is 10.6 Å². The summed E-state index contributed by atoms with van der Waals surface area (Å²) in [6.45, 7) is 9.33. The highest BCUT2D eigenvalue weighted by Gasteiger charge is 2.21. The van der Waals surface area contributed by atoms with Crippen molar-refractivity contribution >= 4 is 23.2 Å². The number of nitrogens with one attached hydrogen (secondary N) is 2. The van der Waals surface area contributed by atoms with Crippen molar-refractivity contribution in [3.05, 3.63) is 54.1 Å². The van der Waals surface area contributed by atoms with Gasteiger partial charge >= 0.3 is 0 Å². The zero-order valence-corrected chi connectivity index (χ0v) is 16.6. The van der Waals surface area contributed by atoms with Crippen molar-refractivity contribution in [3.8, 4) is 5.75 Å². The second kappa shape index (κ2) is 8.71. The third kappa shape index (κ3) is 6.13. The van der Waals surface area contributed by atoms with Crippen LogP contribution >= 0.6 is 0 Å². The summed E-state index contributed by atoms with van der Waals surface area (Å²) in [5.41, 5.74) is 1.96. The van der Waals surface area contributed by atoms with Crippen molar-refractivity contribution in [2.45, 2.75) is 47.1 Å². The molecule has 0 radical (unpaired) electrons. The van der Waals surface area contributed by atoms with Crippen LogP contribution in [0.4, 0.5) is 11.4 Å². The topological polar surface area (TPSA) is 67.4 Å². The van der Waals surface area contributed by atoms with E-state index in [-0.39, 0.29) is 11.8 Å². The summed E-state index contributed by atoms with van der Waals surface area (Å²) in [5, 5.41) is 5.68. The van der Waals surface area contributed by atoms with Gasteiger partial charge in [-0.3, -0.25) is 9.59 Å². The Morgan fingerprint density at radius 3 is 2.15 bits per heavy atom. The molecule has 5 nitrogen and oxygen atoms in total. The first kappa shape index (κ1) is 20.5. The highest BCUT2D eigenvalue weighted by Crippen LogP contribution is 2.20. The molecule has 144 valence electrons. The number of ether oxygens (including phenoxy) is 1. The summed E-state index contributed by atoms with van der Waals surface area (Å²) in [7, 11) is 0. The van der Waals surface area contributed by atoms with E-state index in [4.69, 9.17) is 4.74 Å². The molecule has 0 spiro atoms. The average molecular weight is 368 g/mol. The molecular weight excluding hydrogens is 340 g/mol. The Hall–Kier alpha value is -2.82. The van der Waals surface area contributed by atoms with Crippen molar-refractivity contribution in [2.24, 2.45) is 5.41 Å². The van der Waals surface area contributed by atoms with Crippen LogP contribution in [0.25, 0.3) is 0 Å². The van der Waals surface area contributed by atoms with Crippen LogP contribution in [-0.2, 0) is 16.0 Å². The van der Waals surface area contributed by atoms with E-state index in [1.54, 1.807) is 31.2 Å². The number of carbonyl (C=O) groups is 2. The summed E-state index contributed by atoms with van der Waals surface area (Å²) in [5.74, 6) is 0.313. The minimum Gasteiger partial charge on any atom is -0.481 e.